The van der Waals surface area contributed by atoms with Crippen LogP contribution in [0, 0.1) is 0 Å². The van der Waals surface area contributed by atoms with E-state index in [4.69, 9.17) is 18.0 Å². The van der Waals surface area contributed by atoms with Crippen LogP contribution in [0.2, 0.25) is 0 Å². The van der Waals surface area contributed by atoms with Crippen molar-refractivity contribution in [2.45, 2.75) is 41.7 Å². The highest BCUT2D eigenvalue weighted by Crippen LogP contribution is 2.31. The van der Waals surface area contributed by atoms with Crippen LogP contribution in [0.1, 0.15) is 31.1 Å². The number of rotatable bonds is 6. The van der Waals surface area contributed by atoms with Crippen molar-refractivity contribution in [3.05, 3.63) is 17.0 Å². The summed E-state index contributed by atoms with van der Waals surface area (Å²) in [6.45, 7) is 2.10. The summed E-state index contributed by atoms with van der Waals surface area (Å²) in [7, 11) is -3.47. The fourth-order valence-corrected chi connectivity index (χ4v) is 6.29. The van der Waals surface area contributed by atoms with Gasteiger partial charge in [0.25, 0.3) is 0 Å². The van der Waals surface area contributed by atoms with Gasteiger partial charge in [-0.3, -0.25) is 0 Å². The molecule has 112 valence electrons. The molecule has 0 aromatic carbocycles. The average molecular weight is 351 g/mol. The van der Waals surface area contributed by atoms with Crippen molar-refractivity contribution in [2.24, 2.45) is 5.73 Å². The van der Waals surface area contributed by atoms with Crippen molar-refractivity contribution in [3.63, 3.8) is 0 Å². The Kier molecular flexibility index (Phi) is 5.47. The Morgan fingerprint density at radius 3 is 2.90 bits per heavy atom. The van der Waals surface area contributed by atoms with Crippen LogP contribution in [0.3, 0.4) is 0 Å². The van der Waals surface area contributed by atoms with Crippen molar-refractivity contribution in [3.8, 4) is 0 Å². The van der Waals surface area contributed by atoms with Crippen LogP contribution in [-0.4, -0.2) is 30.5 Å². The molecular formula is C12H18N2O2S4. The Morgan fingerprint density at radius 2 is 2.30 bits per heavy atom. The Labute approximate surface area is 133 Å². The standard InChI is InChI=1S/C12H18N2O2S4/c1-2-18-9-5-3-4-8(9)14-20(15,16)11-7-6-10(19-11)12(13)17/h6-9,14H,2-5H2,1H3,(H2,13,17). The fourth-order valence-electron chi connectivity index (χ4n) is 2.33. The van der Waals surface area contributed by atoms with Crippen LogP contribution >= 0.6 is 35.3 Å². The zero-order valence-corrected chi connectivity index (χ0v) is 14.4. The van der Waals surface area contributed by atoms with E-state index in [1.165, 1.54) is 0 Å². The number of nitrogens with two attached hydrogens (primary N) is 1. The van der Waals surface area contributed by atoms with E-state index in [0.29, 0.717) is 10.1 Å². The zero-order valence-electron chi connectivity index (χ0n) is 11.2. The maximum Gasteiger partial charge on any atom is 0.250 e. The second kappa shape index (κ2) is 6.74. The Bertz CT molecular complexity index is 582. The highest BCUT2D eigenvalue weighted by molar-refractivity contribution is 8.00. The summed E-state index contributed by atoms with van der Waals surface area (Å²) in [4.78, 5) is 0.864. The first-order chi connectivity index (χ1) is 9.44. The van der Waals surface area contributed by atoms with E-state index >= 15 is 0 Å². The molecule has 1 fully saturated rings. The molecule has 4 nitrogen and oxygen atoms in total. The molecule has 1 aliphatic rings. The van der Waals surface area contributed by atoms with Gasteiger partial charge in [0.05, 0.1) is 4.88 Å². The molecule has 1 saturated carbocycles. The third-order valence-corrected chi connectivity index (χ3v) is 8.00. The Morgan fingerprint density at radius 1 is 1.55 bits per heavy atom. The first-order valence-corrected chi connectivity index (χ1v) is 10.2. The summed E-state index contributed by atoms with van der Waals surface area (Å²) in [5.74, 6) is 1.01. The summed E-state index contributed by atoms with van der Waals surface area (Å²) in [5.41, 5.74) is 5.52. The molecule has 0 radical (unpaired) electrons. The number of hydrogen-bond donors (Lipinski definition) is 2. The van der Waals surface area contributed by atoms with Gasteiger partial charge in [-0.1, -0.05) is 25.6 Å². The van der Waals surface area contributed by atoms with Gasteiger partial charge < -0.3 is 5.73 Å². The Hall–Kier alpha value is -0.150. The van der Waals surface area contributed by atoms with Crippen LogP contribution in [0.15, 0.2) is 16.3 Å². The second-order valence-corrected chi connectivity index (χ2v) is 9.62. The predicted octanol–water partition coefficient (Wildman–Crippen LogP) is 2.33. The van der Waals surface area contributed by atoms with Crippen LogP contribution in [-0.2, 0) is 10.0 Å². The van der Waals surface area contributed by atoms with Crippen LogP contribution in [0.25, 0.3) is 0 Å². The summed E-state index contributed by atoms with van der Waals surface area (Å²) >= 11 is 7.82. The van der Waals surface area contributed by atoms with Gasteiger partial charge in [-0.2, -0.15) is 11.8 Å². The van der Waals surface area contributed by atoms with Crippen molar-refractivity contribution in [2.75, 3.05) is 5.75 Å². The van der Waals surface area contributed by atoms with Crippen molar-refractivity contribution >= 4 is 50.3 Å². The van der Waals surface area contributed by atoms with Gasteiger partial charge >= 0.3 is 0 Å². The van der Waals surface area contributed by atoms with Crippen LogP contribution < -0.4 is 10.5 Å². The van der Waals surface area contributed by atoms with E-state index in [9.17, 15) is 8.42 Å². The maximum absolute atomic E-state index is 12.4. The molecule has 0 spiro atoms. The SMILES string of the molecule is CCSC1CCCC1NS(=O)(=O)c1ccc(C(N)=S)s1. The minimum Gasteiger partial charge on any atom is -0.389 e. The highest BCUT2D eigenvalue weighted by Gasteiger charge is 2.31. The van der Waals surface area contributed by atoms with Gasteiger partial charge in [-0.25, -0.2) is 13.1 Å². The molecule has 1 aromatic rings. The first kappa shape index (κ1) is 16.2. The molecule has 8 heteroatoms. The predicted molar refractivity (Wildman–Crippen MR) is 90.1 cm³/mol. The molecule has 0 saturated heterocycles. The summed E-state index contributed by atoms with van der Waals surface area (Å²) in [6, 6.07) is 3.26. The van der Waals surface area contributed by atoms with Crippen LogP contribution in [0.5, 0.6) is 0 Å². The number of sulfonamides is 1. The molecular weight excluding hydrogens is 332 g/mol. The van der Waals surface area contributed by atoms with Gasteiger partial charge in [0.2, 0.25) is 10.0 Å². The third-order valence-electron chi connectivity index (χ3n) is 3.23. The molecule has 0 amide bonds. The van der Waals surface area contributed by atoms with E-state index in [-0.39, 0.29) is 15.2 Å². The molecule has 2 unspecified atom stereocenters. The summed E-state index contributed by atoms with van der Waals surface area (Å²) in [6.07, 6.45) is 3.06. The zero-order chi connectivity index (χ0) is 14.8. The van der Waals surface area contributed by atoms with E-state index in [1.54, 1.807) is 12.1 Å². The van der Waals surface area contributed by atoms with E-state index in [2.05, 4.69) is 11.6 Å². The highest BCUT2D eigenvalue weighted by atomic mass is 32.2. The Balaban J connectivity index is 2.12. The van der Waals surface area contributed by atoms with Crippen LogP contribution in [0.4, 0.5) is 0 Å². The molecule has 2 rings (SSSR count). The molecule has 3 N–H and O–H groups in total. The van der Waals surface area contributed by atoms with Gasteiger partial charge in [0.1, 0.15) is 9.20 Å². The number of hydrogen-bond acceptors (Lipinski definition) is 5. The maximum atomic E-state index is 12.4. The molecule has 1 aliphatic carbocycles. The quantitative estimate of drug-likeness (QED) is 0.771. The molecule has 2 atom stereocenters. The molecule has 1 aromatic heterocycles. The lowest BCUT2D eigenvalue weighted by Crippen LogP contribution is -2.38. The fraction of sp³-hybridized carbons (Fsp3) is 0.583. The lowest BCUT2D eigenvalue weighted by atomic mass is 10.3. The number of thiophene rings is 1. The topological polar surface area (TPSA) is 72.2 Å². The second-order valence-electron chi connectivity index (χ2n) is 4.64. The summed E-state index contributed by atoms with van der Waals surface area (Å²) < 4.78 is 27.9. The number of nitrogens with one attached hydrogen (secondary N) is 1. The minimum atomic E-state index is -3.47. The molecule has 0 aliphatic heterocycles. The molecule has 1 heterocycles. The van der Waals surface area contributed by atoms with E-state index in [1.807, 2.05) is 11.8 Å². The minimum absolute atomic E-state index is 0.0281. The van der Waals surface area contributed by atoms with E-state index in [0.717, 1.165) is 36.4 Å². The smallest absolute Gasteiger partial charge is 0.250 e. The van der Waals surface area contributed by atoms with Gasteiger partial charge in [-0.15, -0.1) is 11.3 Å². The molecule has 0 bridgehead atoms. The van der Waals surface area contributed by atoms with Gasteiger partial charge in [-0.05, 0) is 30.7 Å². The lowest BCUT2D eigenvalue weighted by Gasteiger charge is -2.19. The van der Waals surface area contributed by atoms with Crippen molar-refractivity contribution < 1.29 is 8.42 Å². The van der Waals surface area contributed by atoms with Gasteiger partial charge in [0, 0.05) is 11.3 Å². The first-order valence-electron chi connectivity index (χ1n) is 6.47. The number of thiocarbonyl (C=S) groups is 1. The average Bonchev–Trinajstić information content (AvgIpc) is 2.99. The van der Waals surface area contributed by atoms with Crippen molar-refractivity contribution in [1.29, 1.82) is 0 Å². The number of thioether (sulfide) groups is 1. The summed E-state index contributed by atoms with van der Waals surface area (Å²) in [5, 5.41) is 0.379. The van der Waals surface area contributed by atoms with E-state index < -0.39 is 10.0 Å². The normalized spacial score (nSPS) is 23.1. The van der Waals surface area contributed by atoms with Gasteiger partial charge in [0.15, 0.2) is 0 Å². The lowest BCUT2D eigenvalue weighted by molar-refractivity contribution is 0.557. The largest absolute Gasteiger partial charge is 0.389 e. The molecule has 20 heavy (non-hydrogen) atoms. The third kappa shape index (κ3) is 3.73. The van der Waals surface area contributed by atoms with Crippen molar-refractivity contribution in [1.82, 2.24) is 4.72 Å². The monoisotopic (exact) mass is 350 g/mol.